The van der Waals surface area contributed by atoms with Crippen molar-refractivity contribution in [1.29, 1.82) is 0 Å². The van der Waals surface area contributed by atoms with E-state index in [9.17, 15) is 4.79 Å². The van der Waals surface area contributed by atoms with Crippen LogP contribution in [-0.2, 0) is 11.3 Å². The molecule has 160 valence electrons. The Morgan fingerprint density at radius 1 is 1.20 bits per heavy atom. The highest BCUT2D eigenvalue weighted by atomic mass is 16.5. The number of benzene rings is 1. The average molecular weight is 408 g/mol. The van der Waals surface area contributed by atoms with Gasteiger partial charge in [-0.15, -0.1) is 0 Å². The number of likely N-dealkylation sites (tertiary alicyclic amines) is 1. The van der Waals surface area contributed by atoms with Crippen molar-refractivity contribution in [3.8, 4) is 5.75 Å². The van der Waals surface area contributed by atoms with Gasteiger partial charge >= 0.3 is 0 Å². The molecule has 4 rings (SSSR count). The lowest BCUT2D eigenvalue weighted by Gasteiger charge is -2.37. The molecule has 1 aliphatic carbocycles. The van der Waals surface area contributed by atoms with E-state index in [2.05, 4.69) is 47.2 Å². The number of amides is 1. The third-order valence-electron chi connectivity index (χ3n) is 5.94. The molecule has 1 aliphatic heterocycles. The molecule has 0 radical (unpaired) electrons. The van der Waals surface area contributed by atoms with Crippen LogP contribution in [0.25, 0.3) is 0 Å². The van der Waals surface area contributed by atoms with E-state index in [1.54, 1.807) is 0 Å². The molecule has 2 fully saturated rings. The van der Waals surface area contributed by atoms with Crippen molar-refractivity contribution >= 4 is 5.91 Å². The second kappa shape index (κ2) is 9.61. The fraction of sp³-hybridized carbons (Fsp3) is 0.520. The number of carbonyl (C=O) groups excluding carboxylic acids is 1. The lowest BCUT2D eigenvalue weighted by atomic mass is 9.88. The number of aromatic nitrogens is 1. The second-order valence-corrected chi connectivity index (χ2v) is 8.97. The lowest BCUT2D eigenvalue weighted by Crippen LogP contribution is -2.43. The Hall–Kier alpha value is -2.40. The molecule has 30 heavy (non-hydrogen) atoms. The van der Waals surface area contributed by atoms with Crippen molar-refractivity contribution in [1.82, 2.24) is 15.2 Å². The SMILES string of the molecule is CC(C)Oc1cccc(CN2CCC[C@H]([C@H](NC(=O)C3CC3)c3ccccn3)C2)c1. The van der Waals surface area contributed by atoms with E-state index >= 15 is 0 Å². The molecule has 1 N–H and O–H groups in total. The molecule has 2 aromatic rings. The fourth-order valence-electron chi connectivity index (χ4n) is 4.36. The van der Waals surface area contributed by atoms with Crippen LogP contribution in [0.1, 0.15) is 56.8 Å². The Kier molecular flexibility index (Phi) is 6.68. The van der Waals surface area contributed by atoms with Crippen molar-refractivity contribution in [3.05, 3.63) is 59.9 Å². The molecule has 2 aliphatic rings. The zero-order valence-corrected chi connectivity index (χ0v) is 18.1. The molecular weight excluding hydrogens is 374 g/mol. The topological polar surface area (TPSA) is 54.5 Å². The van der Waals surface area contributed by atoms with Gasteiger partial charge < -0.3 is 10.1 Å². The van der Waals surface area contributed by atoms with Crippen LogP contribution in [0.5, 0.6) is 5.75 Å². The van der Waals surface area contributed by atoms with Gasteiger partial charge in [-0.1, -0.05) is 18.2 Å². The van der Waals surface area contributed by atoms with Gasteiger partial charge in [-0.05, 0) is 81.8 Å². The maximum absolute atomic E-state index is 12.6. The first-order chi connectivity index (χ1) is 14.6. The van der Waals surface area contributed by atoms with Crippen molar-refractivity contribution in [2.75, 3.05) is 13.1 Å². The van der Waals surface area contributed by atoms with Gasteiger partial charge in [-0.3, -0.25) is 14.7 Å². The van der Waals surface area contributed by atoms with Gasteiger partial charge in [0.05, 0.1) is 17.8 Å². The first-order valence-corrected chi connectivity index (χ1v) is 11.3. The van der Waals surface area contributed by atoms with Crippen LogP contribution in [0.15, 0.2) is 48.7 Å². The number of piperidine rings is 1. The van der Waals surface area contributed by atoms with Crippen LogP contribution in [-0.4, -0.2) is 35.0 Å². The van der Waals surface area contributed by atoms with Crippen LogP contribution in [0.2, 0.25) is 0 Å². The summed E-state index contributed by atoms with van der Waals surface area (Å²) in [6.07, 6.45) is 6.29. The highest BCUT2D eigenvalue weighted by Crippen LogP contribution is 2.33. The molecule has 1 saturated carbocycles. The molecule has 0 bridgehead atoms. The number of hydrogen-bond donors (Lipinski definition) is 1. The van der Waals surface area contributed by atoms with Crippen molar-refractivity contribution in [3.63, 3.8) is 0 Å². The first kappa shape index (κ1) is 20.9. The third kappa shape index (κ3) is 5.60. The van der Waals surface area contributed by atoms with Gasteiger partial charge in [0.1, 0.15) is 5.75 Å². The van der Waals surface area contributed by atoms with Crippen LogP contribution in [0.3, 0.4) is 0 Å². The molecule has 5 heteroatoms. The normalized spacial score (nSPS) is 20.7. The number of ether oxygens (including phenoxy) is 1. The van der Waals surface area contributed by atoms with Gasteiger partial charge in [-0.25, -0.2) is 0 Å². The molecule has 1 saturated heterocycles. The van der Waals surface area contributed by atoms with Crippen LogP contribution < -0.4 is 10.1 Å². The predicted octanol–water partition coefficient (Wildman–Crippen LogP) is 4.35. The van der Waals surface area contributed by atoms with Gasteiger partial charge in [0, 0.05) is 25.2 Å². The number of nitrogens with zero attached hydrogens (tertiary/aromatic N) is 2. The molecule has 0 spiro atoms. The third-order valence-corrected chi connectivity index (χ3v) is 5.94. The number of hydrogen-bond acceptors (Lipinski definition) is 4. The van der Waals surface area contributed by atoms with Crippen LogP contribution in [0, 0.1) is 11.8 Å². The first-order valence-electron chi connectivity index (χ1n) is 11.3. The predicted molar refractivity (Wildman–Crippen MR) is 118 cm³/mol. The number of pyridine rings is 1. The molecule has 1 amide bonds. The largest absolute Gasteiger partial charge is 0.491 e. The van der Waals surface area contributed by atoms with Crippen molar-refractivity contribution < 1.29 is 9.53 Å². The molecule has 5 nitrogen and oxygen atoms in total. The van der Waals surface area contributed by atoms with Crippen molar-refractivity contribution in [2.24, 2.45) is 11.8 Å². The summed E-state index contributed by atoms with van der Waals surface area (Å²) < 4.78 is 5.86. The molecule has 2 heterocycles. The highest BCUT2D eigenvalue weighted by molar-refractivity contribution is 5.81. The van der Waals surface area contributed by atoms with Gasteiger partial charge in [0.2, 0.25) is 5.91 Å². The summed E-state index contributed by atoms with van der Waals surface area (Å²) >= 11 is 0. The fourth-order valence-corrected chi connectivity index (χ4v) is 4.36. The maximum atomic E-state index is 12.6. The zero-order valence-electron chi connectivity index (χ0n) is 18.1. The van der Waals surface area contributed by atoms with E-state index in [1.165, 1.54) is 5.56 Å². The quantitative estimate of drug-likeness (QED) is 0.707. The van der Waals surface area contributed by atoms with E-state index in [-0.39, 0.29) is 24.0 Å². The number of rotatable bonds is 8. The Bertz CT molecular complexity index is 835. The Morgan fingerprint density at radius 2 is 2.07 bits per heavy atom. The van der Waals surface area contributed by atoms with Crippen LogP contribution in [0.4, 0.5) is 0 Å². The molecule has 1 aromatic heterocycles. The smallest absolute Gasteiger partial charge is 0.223 e. The number of nitrogens with one attached hydrogen (secondary N) is 1. The minimum absolute atomic E-state index is 0.0160. The maximum Gasteiger partial charge on any atom is 0.223 e. The van der Waals surface area contributed by atoms with E-state index in [1.807, 2.05) is 30.5 Å². The molecule has 0 unspecified atom stereocenters. The number of carbonyl (C=O) groups is 1. The Morgan fingerprint density at radius 3 is 2.80 bits per heavy atom. The summed E-state index contributed by atoms with van der Waals surface area (Å²) in [5, 5.41) is 3.33. The Labute approximate surface area is 179 Å². The lowest BCUT2D eigenvalue weighted by molar-refractivity contribution is -0.123. The summed E-state index contributed by atoms with van der Waals surface area (Å²) in [5.41, 5.74) is 2.25. The standard InChI is InChI=1S/C25H33N3O2/c1-18(2)30-22-9-5-7-19(15-22)16-28-14-6-8-21(17-28)24(23-10-3-4-13-26-23)27-25(29)20-11-12-20/h3-5,7,9-10,13,15,18,20-21,24H,6,8,11-12,14,16-17H2,1-2H3,(H,27,29)/t21-,24-/m0/s1. The summed E-state index contributed by atoms with van der Waals surface area (Å²) in [4.78, 5) is 19.7. The summed E-state index contributed by atoms with van der Waals surface area (Å²) in [7, 11) is 0. The van der Waals surface area contributed by atoms with E-state index in [4.69, 9.17) is 4.74 Å². The minimum atomic E-state index is -0.0160. The minimum Gasteiger partial charge on any atom is -0.491 e. The highest BCUT2D eigenvalue weighted by Gasteiger charge is 2.35. The second-order valence-electron chi connectivity index (χ2n) is 8.97. The zero-order chi connectivity index (χ0) is 20.9. The summed E-state index contributed by atoms with van der Waals surface area (Å²) in [5.74, 6) is 1.70. The summed E-state index contributed by atoms with van der Waals surface area (Å²) in [6, 6.07) is 14.4. The molecule has 2 atom stereocenters. The Balaban J connectivity index is 1.45. The molecular formula is C25H33N3O2. The average Bonchev–Trinajstić information content (AvgIpc) is 3.58. The van der Waals surface area contributed by atoms with Crippen LogP contribution >= 0.6 is 0 Å². The van der Waals surface area contributed by atoms with Gasteiger partial charge in [0.15, 0.2) is 0 Å². The molecule has 1 aromatic carbocycles. The summed E-state index contributed by atoms with van der Waals surface area (Å²) in [6.45, 7) is 7.04. The van der Waals surface area contributed by atoms with Gasteiger partial charge in [0.25, 0.3) is 0 Å². The van der Waals surface area contributed by atoms with Gasteiger partial charge in [-0.2, -0.15) is 0 Å². The van der Waals surface area contributed by atoms with E-state index < -0.39 is 0 Å². The monoisotopic (exact) mass is 407 g/mol. The van der Waals surface area contributed by atoms with E-state index in [0.717, 1.165) is 56.8 Å². The van der Waals surface area contributed by atoms with E-state index in [0.29, 0.717) is 5.92 Å². The van der Waals surface area contributed by atoms with Crippen molar-refractivity contribution in [2.45, 2.75) is 58.2 Å².